The van der Waals surface area contributed by atoms with E-state index in [0.717, 1.165) is 15.6 Å². The molecule has 2 aromatic rings. The highest BCUT2D eigenvalue weighted by atomic mass is 79.9. The van der Waals surface area contributed by atoms with Gasteiger partial charge in [0.05, 0.1) is 6.07 Å². The van der Waals surface area contributed by atoms with Gasteiger partial charge in [-0.15, -0.1) is 0 Å². The molecule has 0 aliphatic carbocycles. The number of benzene rings is 2. The number of nitrogens with zero attached hydrogens (tertiary/aromatic N) is 1. The first-order valence-corrected chi connectivity index (χ1v) is 7.57. The first kappa shape index (κ1) is 15.0. The predicted octanol–water partition coefficient (Wildman–Crippen LogP) is 5.01. The predicted molar refractivity (Wildman–Crippen MR) is 85.7 cm³/mol. The van der Waals surface area contributed by atoms with Crippen molar-refractivity contribution in [3.63, 3.8) is 0 Å². The topological polar surface area (TPSA) is 40.9 Å². The minimum atomic E-state index is -0.784. The average Bonchev–Trinajstić information content (AvgIpc) is 2.41. The van der Waals surface area contributed by atoms with Gasteiger partial charge in [-0.2, -0.15) is 5.26 Å². The number of Topliss-reactive ketones (excluding diaryl/α,β-unsaturated/α-hetero) is 1. The average molecular weight is 393 g/mol. The van der Waals surface area contributed by atoms with Crippen LogP contribution >= 0.6 is 31.9 Å². The molecule has 2 nitrogen and oxygen atoms in total. The third-order valence-corrected chi connectivity index (χ3v) is 4.15. The van der Waals surface area contributed by atoms with E-state index in [1.807, 2.05) is 31.2 Å². The normalized spacial score (nSPS) is 11.7. The molecule has 1 unspecified atom stereocenters. The van der Waals surface area contributed by atoms with Gasteiger partial charge in [0.15, 0.2) is 5.78 Å². The summed E-state index contributed by atoms with van der Waals surface area (Å²) >= 11 is 6.72. The fourth-order valence-electron chi connectivity index (χ4n) is 1.89. The number of aryl methyl sites for hydroxylation is 1. The van der Waals surface area contributed by atoms with Gasteiger partial charge in [-0.3, -0.25) is 4.79 Å². The van der Waals surface area contributed by atoms with Crippen LogP contribution < -0.4 is 0 Å². The lowest BCUT2D eigenvalue weighted by Gasteiger charge is -2.10. The van der Waals surface area contributed by atoms with Crippen LogP contribution in [0, 0.1) is 18.3 Å². The smallest absolute Gasteiger partial charge is 0.185 e. The standard InChI is InChI=1S/C16H11Br2NO/c1-10-2-4-11(5-3-10)14(9-19)16(20)13-7-6-12(17)8-15(13)18/h2-8,14H,1H3. The number of carbonyl (C=O) groups excluding carboxylic acids is 1. The van der Waals surface area contributed by atoms with Crippen LogP contribution in [-0.4, -0.2) is 5.78 Å². The van der Waals surface area contributed by atoms with E-state index in [0.29, 0.717) is 10.0 Å². The molecule has 1 atom stereocenters. The van der Waals surface area contributed by atoms with E-state index in [1.165, 1.54) is 0 Å². The zero-order chi connectivity index (χ0) is 14.7. The third-order valence-electron chi connectivity index (χ3n) is 3.00. The molecule has 20 heavy (non-hydrogen) atoms. The highest BCUT2D eigenvalue weighted by molar-refractivity contribution is 9.11. The minimum absolute atomic E-state index is 0.198. The molecular weight excluding hydrogens is 382 g/mol. The molecule has 0 saturated heterocycles. The second-order valence-corrected chi connectivity index (χ2v) is 6.23. The van der Waals surface area contributed by atoms with Crippen molar-refractivity contribution in [1.82, 2.24) is 0 Å². The molecule has 0 fully saturated rings. The van der Waals surface area contributed by atoms with Gasteiger partial charge in [0, 0.05) is 14.5 Å². The van der Waals surface area contributed by atoms with E-state index in [-0.39, 0.29) is 5.78 Å². The highest BCUT2D eigenvalue weighted by Gasteiger charge is 2.23. The first-order chi connectivity index (χ1) is 9.52. The summed E-state index contributed by atoms with van der Waals surface area (Å²) < 4.78 is 1.56. The van der Waals surface area contributed by atoms with Crippen LogP contribution in [0.1, 0.15) is 27.4 Å². The Morgan fingerprint density at radius 2 is 1.80 bits per heavy atom. The van der Waals surface area contributed by atoms with Gasteiger partial charge >= 0.3 is 0 Å². The highest BCUT2D eigenvalue weighted by Crippen LogP contribution is 2.27. The van der Waals surface area contributed by atoms with Crippen LogP contribution in [0.2, 0.25) is 0 Å². The van der Waals surface area contributed by atoms with Crippen molar-refractivity contribution in [2.45, 2.75) is 12.8 Å². The van der Waals surface area contributed by atoms with Crippen molar-refractivity contribution < 1.29 is 4.79 Å². The van der Waals surface area contributed by atoms with Gasteiger partial charge in [0.25, 0.3) is 0 Å². The monoisotopic (exact) mass is 391 g/mol. The Hall–Kier alpha value is -1.44. The number of nitriles is 1. The molecule has 0 aliphatic heterocycles. The second-order valence-electron chi connectivity index (χ2n) is 4.46. The number of halogens is 2. The maximum atomic E-state index is 12.5. The molecule has 0 heterocycles. The van der Waals surface area contributed by atoms with E-state index < -0.39 is 5.92 Å². The Balaban J connectivity index is 2.39. The molecule has 0 bridgehead atoms. The zero-order valence-electron chi connectivity index (χ0n) is 10.7. The van der Waals surface area contributed by atoms with Crippen molar-refractivity contribution in [2.24, 2.45) is 0 Å². The quantitative estimate of drug-likeness (QED) is 0.688. The summed E-state index contributed by atoms with van der Waals surface area (Å²) in [6.45, 7) is 1.97. The minimum Gasteiger partial charge on any atom is -0.292 e. The van der Waals surface area contributed by atoms with Crippen LogP contribution in [0.25, 0.3) is 0 Å². The molecule has 4 heteroatoms. The Morgan fingerprint density at radius 1 is 1.15 bits per heavy atom. The van der Waals surface area contributed by atoms with Gasteiger partial charge < -0.3 is 0 Å². The van der Waals surface area contributed by atoms with E-state index >= 15 is 0 Å². The molecule has 0 saturated carbocycles. The molecule has 0 spiro atoms. The molecule has 0 amide bonds. The van der Waals surface area contributed by atoms with E-state index in [2.05, 4.69) is 37.9 Å². The second kappa shape index (κ2) is 6.34. The van der Waals surface area contributed by atoms with E-state index in [4.69, 9.17) is 0 Å². The Kier molecular flexibility index (Phi) is 4.74. The molecule has 0 aliphatic rings. The Bertz CT molecular complexity index is 687. The Morgan fingerprint density at radius 3 is 2.35 bits per heavy atom. The van der Waals surface area contributed by atoms with Crippen LogP contribution in [0.3, 0.4) is 0 Å². The van der Waals surface area contributed by atoms with E-state index in [1.54, 1.807) is 18.2 Å². The van der Waals surface area contributed by atoms with Gasteiger partial charge in [0.2, 0.25) is 0 Å². The molecular formula is C16H11Br2NO. The summed E-state index contributed by atoms with van der Waals surface area (Å²) in [5, 5.41) is 9.33. The van der Waals surface area contributed by atoms with E-state index in [9.17, 15) is 10.1 Å². The number of hydrogen-bond donors (Lipinski definition) is 0. The lowest BCUT2D eigenvalue weighted by Crippen LogP contribution is -2.12. The summed E-state index contributed by atoms with van der Waals surface area (Å²) in [5.74, 6) is -0.983. The summed E-state index contributed by atoms with van der Waals surface area (Å²) in [6.07, 6.45) is 0. The molecule has 0 aromatic heterocycles. The van der Waals surface area contributed by atoms with Crippen molar-refractivity contribution in [2.75, 3.05) is 0 Å². The molecule has 2 rings (SSSR count). The summed E-state index contributed by atoms with van der Waals surface area (Å²) in [4.78, 5) is 12.5. The van der Waals surface area contributed by atoms with Crippen LogP contribution in [0.15, 0.2) is 51.4 Å². The van der Waals surface area contributed by atoms with Gasteiger partial charge in [-0.05, 0) is 30.7 Å². The van der Waals surface area contributed by atoms with Crippen molar-refractivity contribution in [3.05, 3.63) is 68.1 Å². The summed E-state index contributed by atoms with van der Waals surface area (Å²) in [7, 11) is 0. The molecule has 100 valence electrons. The maximum Gasteiger partial charge on any atom is 0.185 e. The number of carbonyl (C=O) groups is 1. The zero-order valence-corrected chi connectivity index (χ0v) is 13.9. The lowest BCUT2D eigenvalue weighted by atomic mass is 9.91. The SMILES string of the molecule is Cc1ccc(C(C#N)C(=O)c2ccc(Br)cc2Br)cc1. The molecule has 2 aromatic carbocycles. The van der Waals surface area contributed by atoms with Crippen molar-refractivity contribution >= 4 is 37.6 Å². The largest absolute Gasteiger partial charge is 0.292 e. The van der Waals surface area contributed by atoms with Crippen LogP contribution in [0.5, 0.6) is 0 Å². The van der Waals surface area contributed by atoms with Crippen LogP contribution in [-0.2, 0) is 0 Å². The summed E-state index contributed by atoms with van der Waals surface area (Å²) in [6, 6.07) is 14.9. The Labute approximate surface area is 134 Å². The van der Waals surface area contributed by atoms with Crippen molar-refractivity contribution in [1.29, 1.82) is 5.26 Å². The number of rotatable bonds is 3. The summed E-state index contributed by atoms with van der Waals surface area (Å²) in [5.41, 5.74) is 2.33. The first-order valence-electron chi connectivity index (χ1n) is 5.98. The number of hydrogen-bond acceptors (Lipinski definition) is 2. The molecule has 0 N–H and O–H groups in total. The van der Waals surface area contributed by atoms with Crippen LogP contribution in [0.4, 0.5) is 0 Å². The fraction of sp³-hybridized carbons (Fsp3) is 0.125. The van der Waals surface area contributed by atoms with Crippen molar-refractivity contribution in [3.8, 4) is 6.07 Å². The van der Waals surface area contributed by atoms with Gasteiger partial charge in [-0.25, -0.2) is 0 Å². The van der Waals surface area contributed by atoms with Gasteiger partial charge in [0.1, 0.15) is 5.92 Å². The van der Waals surface area contributed by atoms with Gasteiger partial charge in [-0.1, -0.05) is 61.7 Å². The third kappa shape index (κ3) is 3.17. The molecule has 0 radical (unpaired) electrons. The fourth-order valence-corrected chi connectivity index (χ4v) is 3.13. The number of ketones is 1. The maximum absolute atomic E-state index is 12.5. The lowest BCUT2D eigenvalue weighted by molar-refractivity contribution is 0.0978.